The molecule has 16 heavy (non-hydrogen) atoms. The molecule has 0 aliphatic carbocycles. The predicted octanol–water partition coefficient (Wildman–Crippen LogP) is 1.33. The Morgan fingerprint density at radius 1 is 1.31 bits per heavy atom. The number of piperidine rings is 1. The molecule has 0 amide bonds. The Hall–Kier alpha value is -0.740. The Morgan fingerprint density at radius 3 is 2.69 bits per heavy atom. The third-order valence-corrected chi connectivity index (χ3v) is 4.46. The maximum atomic E-state index is 12.0. The predicted molar refractivity (Wildman–Crippen MR) is 66.5 cm³/mol. The normalized spacial score (nSPS) is 19.5. The topological polar surface area (TPSA) is 42.0 Å². The van der Waals surface area contributed by atoms with Gasteiger partial charge in [-0.25, -0.2) is 0 Å². The Bertz CT molecular complexity index is 336. The first-order chi connectivity index (χ1) is 7.84. The molecule has 0 unspecified atom stereocenters. The van der Waals surface area contributed by atoms with E-state index in [9.17, 15) is 4.21 Å². The minimum atomic E-state index is -0.724. The summed E-state index contributed by atoms with van der Waals surface area (Å²) in [6.45, 7) is 2.16. The third-order valence-electron chi connectivity index (χ3n) is 2.96. The van der Waals surface area contributed by atoms with Gasteiger partial charge in [-0.2, -0.15) is 0 Å². The summed E-state index contributed by atoms with van der Waals surface area (Å²) in [4.78, 5) is 3.96. The molecule has 4 heteroatoms. The van der Waals surface area contributed by atoms with E-state index in [1.54, 1.807) is 12.4 Å². The minimum Gasteiger partial charge on any atom is -0.317 e. The fraction of sp³-hybridized carbons (Fsp3) is 0.583. The lowest BCUT2D eigenvalue weighted by Gasteiger charge is -2.21. The van der Waals surface area contributed by atoms with Gasteiger partial charge in [0.15, 0.2) is 0 Å². The van der Waals surface area contributed by atoms with E-state index >= 15 is 0 Å². The third kappa shape index (κ3) is 3.68. The van der Waals surface area contributed by atoms with Gasteiger partial charge in [0.25, 0.3) is 0 Å². The minimum absolute atomic E-state index is 0.643. The van der Waals surface area contributed by atoms with Gasteiger partial charge in [0.2, 0.25) is 0 Å². The molecule has 0 spiro atoms. The summed E-state index contributed by atoms with van der Waals surface area (Å²) in [6.07, 6.45) is 5.86. The standard InChI is InChI=1S/C12H18N2OS/c15-16(9-11-1-5-13-6-2-11)10-12-3-7-14-8-4-12/h1-2,5-6,12,14H,3-4,7-10H2/t16-/m0/s1. The highest BCUT2D eigenvalue weighted by molar-refractivity contribution is 7.84. The number of rotatable bonds is 4. The van der Waals surface area contributed by atoms with Crippen molar-refractivity contribution in [3.8, 4) is 0 Å². The zero-order valence-electron chi connectivity index (χ0n) is 9.39. The molecule has 0 bridgehead atoms. The van der Waals surface area contributed by atoms with Gasteiger partial charge in [-0.1, -0.05) is 0 Å². The molecule has 1 fully saturated rings. The van der Waals surface area contributed by atoms with Crippen molar-refractivity contribution in [1.29, 1.82) is 0 Å². The molecule has 1 aliphatic rings. The molecule has 1 aliphatic heterocycles. The molecule has 1 aromatic heterocycles. The van der Waals surface area contributed by atoms with E-state index in [0.29, 0.717) is 11.7 Å². The second-order valence-electron chi connectivity index (χ2n) is 4.30. The van der Waals surface area contributed by atoms with Crippen molar-refractivity contribution in [2.24, 2.45) is 5.92 Å². The van der Waals surface area contributed by atoms with E-state index in [-0.39, 0.29) is 0 Å². The van der Waals surface area contributed by atoms with E-state index in [4.69, 9.17) is 0 Å². The number of aromatic nitrogens is 1. The summed E-state index contributed by atoms with van der Waals surface area (Å²) in [5, 5.41) is 3.33. The highest BCUT2D eigenvalue weighted by Gasteiger charge is 2.15. The van der Waals surface area contributed by atoms with Crippen LogP contribution in [0.5, 0.6) is 0 Å². The first-order valence-electron chi connectivity index (χ1n) is 5.79. The lowest BCUT2D eigenvalue weighted by atomic mass is 10.0. The summed E-state index contributed by atoms with van der Waals surface area (Å²) < 4.78 is 12.0. The van der Waals surface area contributed by atoms with E-state index in [0.717, 1.165) is 24.4 Å². The fourth-order valence-corrected chi connectivity index (χ4v) is 3.58. The van der Waals surface area contributed by atoms with E-state index in [1.807, 2.05) is 12.1 Å². The second kappa shape index (κ2) is 6.11. The Labute approximate surface area is 99.1 Å². The summed E-state index contributed by atoms with van der Waals surface area (Å²) in [7, 11) is -0.724. The van der Waals surface area contributed by atoms with Crippen LogP contribution in [-0.4, -0.2) is 28.0 Å². The summed E-state index contributed by atoms with van der Waals surface area (Å²) in [6, 6.07) is 3.89. The van der Waals surface area contributed by atoms with Crippen LogP contribution >= 0.6 is 0 Å². The van der Waals surface area contributed by atoms with Gasteiger partial charge in [-0.15, -0.1) is 0 Å². The number of pyridine rings is 1. The quantitative estimate of drug-likeness (QED) is 0.860. The van der Waals surface area contributed by atoms with Gasteiger partial charge in [-0.05, 0) is 49.5 Å². The van der Waals surface area contributed by atoms with Gasteiger partial charge < -0.3 is 5.32 Å². The number of nitrogens with zero attached hydrogens (tertiary/aromatic N) is 1. The molecule has 0 radical (unpaired) electrons. The molecule has 2 rings (SSSR count). The van der Waals surface area contributed by atoms with Crippen LogP contribution in [-0.2, 0) is 16.6 Å². The van der Waals surface area contributed by atoms with Gasteiger partial charge >= 0.3 is 0 Å². The zero-order valence-corrected chi connectivity index (χ0v) is 10.2. The van der Waals surface area contributed by atoms with Crippen LogP contribution < -0.4 is 5.32 Å². The first kappa shape index (κ1) is 11.7. The van der Waals surface area contributed by atoms with Crippen LogP contribution in [0.2, 0.25) is 0 Å². The van der Waals surface area contributed by atoms with Gasteiger partial charge in [0, 0.05) is 34.7 Å². The molecule has 0 aromatic carbocycles. The maximum Gasteiger partial charge on any atom is 0.0486 e. The lowest BCUT2D eigenvalue weighted by Crippen LogP contribution is -2.30. The highest BCUT2D eigenvalue weighted by atomic mass is 32.2. The Kier molecular flexibility index (Phi) is 4.48. The van der Waals surface area contributed by atoms with Crippen LogP contribution in [0.4, 0.5) is 0 Å². The largest absolute Gasteiger partial charge is 0.317 e. The molecule has 0 saturated carbocycles. The van der Waals surface area contributed by atoms with Crippen LogP contribution in [0.3, 0.4) is 0 Å². The van der Waals surface area contributed by atoms with Crippen LogP contribution in [0.15, 0.2) is 24.5 Å². The lowest BCUT2D eigenvalue weighted by molar-refractivity contribution is 0.405. The number of hydrogen-bond donors (Lipinski definition) is 1. The molecule has 88 valence electrons. The summed E-state index contributed by atoms with van der Waals surface area (Å²) >= 11 is 0. The molecule has 1 aromatic rings. The molecule has 3 nitrogen and oxygen atoms in total. The van der Waals surface area contributed by atoms with Crippen LogP contribution in [0.25, 0.3) is 0 Å². The van der Waals surface area contributed by atoms with E-state index in [2.05, 4.69) is 10.3 Å². The Balaban J connectivity index is 1.80. The number of hydrogen-bond acceptors (Lipinski definition) is 3. The number of nitrogens with one attached hydrogen (secondary N) is 1. The molecule has 2 heterocycles. The van der Waals surface area contributed by atoms with Crippen molar-refractivity contribution in [1.82, 2.24) is 10.3 Å². The van der Waals surface area contributed by atoms with Gasteiger partial charge in [0.05, 0.1) is 0 Å². The van der Waals surface area contributed by atoms with Crippen molar-refractivity contribution in [2.45, 2.75) is 18.6 Å². The average molecular weight is 238 g/mol. The Morgan fingerprint density at radius 2 is 2.00 bits per heavy atom. The summed E-state index contributed by atoms with van der Waals surface area (Å²) in [5.74, 6) is 2.17. The molecule has 1 atom stereocenters. The van der Waals surface area contributed by atoms with Gasteiger partial charge in [-0.3, -0.25) is 9.19 Å². The van der Waals surface area contributed by atoms with Crippen molar-refractivity contribution >= 4 is 10.8 Å². The van der Waals surface area contributed by atoms with Crippen molar-refractivity contribution < 1.29 is 4.21 Å². The monoisotopic (exact) mass is 238 g/mol. The van der Waals surface area contributed by atoms with Crippen molar-refractivity contribution in [3.63, 3.8) is 0 Å². The van der Waals surface area contributed by atoms with Crippen LogP contribution in [0, 0.1) is 5.92 Å². The molecular weight excluding hydrogens is 220 g/mol. The van der Waals surface area contributed by atoms with Crippen molar-refractivity contribution in [3.05, 3.63) is 30.1 Å². The zero-order chi connectivity index (χ0) is 11.2. The van der Waals surface area contributed by atoms with E-state index < -0.39 is 10.8 Å². The maximum absolute atomic E-state index is 12.0. The van der Waals surface area contributed by atoms with Gasteiger partial charge in [0.1, 0.15) is 0 Å². The first-order valence-corrected chi connectivity index (χ1v) is 7.28. The van der Waals surface area contributed by atoms with Crippen molar-refractivity contribution in [2.75, 3.05) is 18.8 Å². The average Bonchev–Trinajstić information content (AvgIpc) is 2.31. The van der Waals surface area contributed by atoms with E-state index in [1.165, 1.54) is 12.8 Å². The molecule has 1 saturated heterocycles. The summed E-state index contributed by atoms with van der Waals surface area (Å²) in [5.41, 5.74) is 1.13. The highest BCUT2D eigenvalue weighted by Crippen LogP contribution is 2.14. The SMILES string of the molecule is O=[S@@](Cc1ccncc1)CC1CCNCC1. The van der Waals surface area contributed by atoms with Crippen LogP contribution in [0.1, 0.15) is 18.4 Å². The molecule has 1 N–H and O–H groups in total. The second-order valence-corrected chi connectivity index (χ2v) is 5.80. The fourth-order valence-electron chi connectivity index (χ4n) is 2.04. The smallest absolute Gasteiger partial charge is 0.0486 e. The molecular formula is C12H18N2OS.